The third kappa shape index (κ3) is 3.05. The summed E-state index contributed by atoms with van der Waals surface area (Å²) in [7, 11) is 1.68. The number of fused-ring (bicyclic) bond motifs is 1. The molecule has 3 rings (SSSR count). The monoisotopic (exact) mass is 356 g/mol. The van der Waals surface area contributed by atoms with Crippen molar-refractivity contribution in [1.82, 2.24) is 14.7 Å². The number of nitrogens with zero attached hydrogens (tertiary/aromatic N) is 4. The van der Waals surface area contributed by atoms with Gasteiger partial charge in [-0.2, -0.15) is 5.10 Å². The zero-order chi connectivity index (χ0) is 19.0. The van der Waals surface area contributed by atoms with E-state index in [4.69, 9.17) is 4.42 Å². The minimum Gasteiger partial charge on any atom is -0.459 e. The van der Waals surface area contributed by atoms with Gasteiger partial charge in [-0.3, -0.25) is 19.6 Å². The van der Waals surface area contributed by atoms with Gasteiger partial charge in [0.05, 0.1) is 11.0 Å². The van der Waals surface area contributed by atoms with E-state index in [1.807, 2.05) is 37.3 Å². The predicted octanol–water partition coefficient (Wildman–Crippen LogP) is 3.37. The average molecular weight is 356 g/mol. The lowest BCUT2D eigenvalue weighted by atomic mass is 10.2. The van der Waals surface area contributed by atoms with Crippen molar-refractivity contribution in [3.8, 4) is 0 Å². The van der Waals surface area contributed by atoms with Gasteiger partial charge >= 0.3 is 5.69 Å². The zero-order valence-electron chi connectivity index (χ0n) is 15.1. The summed E-state index contributed by atoms with van der Waals surface area (Å²) in [5.74, 6) is 0.472. The lowest BCUT2D eigenvalue weighted by molar-refractivity contribution is -0.386. The Kier molecular flexibility index (Phi) is 4.50. The van der Waals surface area contributed by atoms with Gasteiger partial charge in [0.2, 0.25) is 5.91 Å². The topological polar surface area (TPSA) is 94.4 Å². The lowest BCUT2D eigenvalue weighted by Crippen LogP contribution is -2.33. The highest BCUT2D eigenvalue weighted by molar-refractivity contribution is 5.79. The van der Waals surface area contributed by atoms with E-state index in [-0.39, 0.29) is 24.2 Å². The van der Waals surface area contributed by atoms with Gasteiger partial charge < -0.3 is 9.32 Å². The molecule has 2 aromatic heterocycles. The molecular formula is C18H20N4O4. The van der Waals surface area contributed by atoms with E-state index in [1.165, 1.54) is 4.68 Å². The highest BCUT2D eigenvalue weighted by atomic mass is 16.6. The van der Waals surface area contributed by atoms with Crippen LogP contribution in [-0.4, -0.2) is 32.6 Å². The molecule has 26 heavy (non-hydrogen) atoms. The molecule has 1 atom stereocenters. The maximum absolute atomic E-state index is 12.6. The summed E-state index contributed by atoms with van der Waals surface area (Å²) in [6.07, 6.45) is 0. The van der Waals surface area contributed by atoms with Crippen LogP contribution in [0.5, 0.6) is 0 Å². The largest absolute Gasteiger partial charge is 0.459 e. The van der Waals surface area contributed by atoms with Gasteiger partial charge in [0.1, 0.15) is 29.3 Å². The Morgan fingerprint density at radius 3 is 2.69 bits per heavy atom. The number of furan rings is 1. The smallest absolute Gasteiger partial charge is 0.312 e. The van der Waals surface area contributed by atoms with E-state index in [1.54, 1.807) is 25.8 Å². The van der Waals surface area contributed by atoms with Crippen molar-refractivity contribution in [2.45, 2.75) is 33.4 Å². The molecule has 0 radical (unpaired) electrons. The number of carbonyl (C=O) groups excluding carboxylic acids is 1. The number of carbonyl (C=O) groups is 1. The molecule has 136 valence electrons. The first-order valence-electron chi connectivity index (χ1n) is 8.22. The van der Waals surface area contributed by atoms with Crippen LogP contribution in [0.1, 0.15) is 30.1 Å². The van der Waals surface area contributed by atoms with Gasteiger partial charge in [0, 0.05) is 12.4 Å². The first kappa shape index (κ1) is 17.7. The fourth-order valence-electron chi connectivity index (χ4n) is 2.96. The number of benzene rings is 1. The summed E-state index contributed by atoms with van der Waals surface area (Å²) < 4.78 is 7.20. The molecule has 8 nitrogen and oxygen atoms in total. The van der Waals surface area contributed by atoms with Crippen molar-refractivity contribution in [3.05, 3.63) is 57.6 Å². The second-order valence-electron chi connectivity index (χ2n) is 6.30. The van der Waals surface area contributed by atoms with Gasteiger partial charge in [-0.1, -0.05) is 18.2 Å². The molecule has 8 heteroatoms. The maximum atomic E-state index is 12.6. The van der Waals surface area contributed by atoms with Crippen LogP contribution < -0.4 is 0 Å². The predicted molar refractivity (Wildman–Crippen MR) is 95.8 cm³/mol. The Hall–Kier alpha value is -3.16. The molecule has 3 aromatic rings. The maximum Gasteiger partial charge on any atom is 0.312 e. The number of hydrogen-bond donors (Lipinski definition) is 0. The number of aromatic nitrogens is 2. The van der Waals surface area contributed by atoms with E-state index in [0.717, 1.165) is 11.0 Å². The molecule has 1 amide bonds. The summed E-state index contributed by atoms with van der Waals surface area (Å²) in [6, 6.07) is 9.29. The Labute approximate surface area is 150 Å². The minimum atomic E-state index is -0.473. The normalized spacial score (nSPS) is 12.3. The molecule has 0 bridgehead atoms. The highest BCUT2D eigenvalue weighted by Gasteiger charge is 2.25. The van der Waals surface area contributed by atoms with Crippen molar-refractivity contribution in [2.24, 2.45) is 0 Å². The van der Waals surface area contributed by atoms with Crippen LogP contribution >= 0.6 is 0 Å². The molecule has 0 aliphatic rings. The molecular weight excluding hydrogens is 336 g/mol. The summed E-state index contributed by atoms with van der Waals surface area (Å²) in [4.78, 5) is 24.8. The van der Waals surface area contributed by atoms with Crippen molar-refractivity contribution in [1.29, 1.82) is 0 Å². The molecule has 0 aliphatic heterocycles. The van der Waals surface area contributed by atoms with Crippen LogP contribution in [0.15, 0.2) is 34.7 Å². The van der Waals surface area contributed by atoms with Crippen LogP contribution in [0.3, 0.4) is 0 Å². The molecule has 0 spiro atoms. The van der Waals surface area contributed by atoms with Crippen LogP contribution in [0.2, 0.25) is 0 Å². The fraction of sp³-hybridized carbons (Fsp3) is 0.333. The first-order valence-corrected chi connectivity index (χ1v) is 8.22. The van der Waals surface area contributed by atoms with Crippen molar-refractivity contribution in [2.75, 3.05) is 7.05 Å². The third-order valence-electron chi connectivity index (χ3n) is 4.64. The Bertz CT molecular complexity index is 955. The Balaban J connectivity index is 1.79. The second kappa shape index (κ2) is 6.62. The molecule has 0 aliphatic carbocycles. The number of hydrogen-bond acceptors (Lipinski definition) is 5. The summed E-state index contributed by atoms with van der Waals surface area (Å²) in [5.41, 5.74) is 1.38. The first-order chi connectivity index (χ1) is 12.3. The molecule has 0 N–H and O–H groups in total. The second-order valence-corrected chi connectivity index (χ2v) is 6.30. The van der Waals surface area contributed by atoms with Crippen molar-refractivity contribution < 1.29 is 14.1 Å². The summed E-state index contributed by atoms with van der Waals surface area (Å²) in [5, 5.41) is 16.2. The Morgan fingerprint density at radius 2 is 2.08 bits per heavy atom. The number of aryl methyl sites for hydroxylation is 1. The van der Waals surface area contributed by atoms with E-state index in [9.17, 15) is 14.9 Å². The fourth-order valence-corrected chi connectivity index (χ4v) is 2.96. The number of nitro groups is 1. The minimum absolute atomic E-state index is 0.0502. The number of likely N-dealkylation sites (N-methyl/N-ethyl adjacent to an activating group) is 1. The van der Waals surface area contributed by atoms with Gasteiger partial charge in [-0.25, -0.2) is 0 Å². The SMILES string of the molecule is Cc1nn(CC(=O)N(C)C(C)c2cc3ccccc3o2)c(C)c1[N+](=O)[O-]. The molecule has 0 saturated heterocycles. The van der Waals surface area contributed by atoms with Gasteiger partial charge in [0.15, 0.2) is 0 Å². The Morgan fingerprint density at radius 1 is 1.38 bits per heavy atom. The van der Waals surface area contributed by atoms with Crippen molar-refractivity contribution in [3.63, 3.8) is 0 Å². The molecule has 2 heterocycles. The number of para-hydroxylation sites is 1. The highest BCUT2D eigenvalue weighted by Crippen LogP contribution is 2.27. The van der Waals surface area contributed by atoms with Crippen molar-refractivity contribution >= 4 is 22.6 Å². The zero-order valence-corrected chi connectivity index (χ0v) is 15.1. The van der Waals surface area contributed by atoms with E-state index < -0.39 is 4.92 Å². The van der Waals surface area contributed by atoms with E-state index in [0.29, 0.717) is 17.1 Å². The average Bonchev–Trinajstić information content (AvgIpc) is 3.14. The third-order valence-corrected chi connectivity index (χ3v) is 4.64. The van der Waals surface area contributed by atoms with Gasteiger partial charge in [-0.05, 0) is 32.9 Å². The number of amides is 1. The number of rotatable bonds is 5. The van der Waals surface area contributed by atoms with E-state index >= 15 is 0 Å². The van der Waals surface area contributed by atoms with E-state index in [2.05, 4.69) is 5.10 Å². The van der Waals surface area contributed by atoms with Crippen LogP contribution in [-0.2, 0) is 11.3 Å². The summed E-state index contributed by atoms with van der Waals surface area (Å²) in [6.45, 7) is 4.96. The van der Waals surface area contributed by atoms with Crippen LogP contribution in [0, 0.1) is 24.0 Å². The summed E-state index contributed by atoms with van der Waals surface area (Å²) >= 11 is 0. The molecule has 0 fully saturated rings. The molecule has 0 saturated carbocycles. The standard InChI is InChI=1S/C18H20N4O4/c1-11-18(22(24)25)13(3)21(19-11)10-17(23)20(4)12(2)16-9-14-7-5-6-8-15(14)26-16/h5-9,12H,10H2,1-4H3. The van der Waals surface area contributed by atoms with Gasteiger partial charge in [-0.15, -0.1) is 0 Å². The van der Waals surface area contributed by atoms with Crippen LogP contribution in [0.4, 0.5) is 5.69 Å². The van der Waals surface area contributed by atoms with Crippen LogP contribution in [0.25, 0.3) is 11.0 Å². The molecule has 1 unspecified atom stereocenters. The quantitative estimate of drug-likeness (QED) is 0.516. The molecule has 1 aromatic carbocycles. The lowest BCUT2D eigenvalue weighted by Gasteiger charge is -2.23. The van der Waals surface area contributed by atoms with Gasteiger partial charge in [0.25, 0.3) is 0 Å².